The summed E-state index contributed by atoms with van der Waals surface area (Å²) < 4.78 is 139. The molecule has 8 aromatic carbocycles. The van der Waals surface area contributed by atoms with Crippen LogP contribution in [0.1, 0.15) is 20.6 Å². The van der Waals surface area contributed by atoms with Gasteiger partial charge in [0.05, 0.1) is 20.6 Å². The van der Waals surface area contributed by atoms with Crippen LogP contribution in [0.15, 0.2) is 174 Å². The molecule has 0 atom stereocenters. The van der Waals surface area contributed by atoms with Gasteiger partial charge in [0.25, 0.3) is 0 Å². The van der Waals surface area contributed by atoms with E-state index in [1.54, 1.807) is 78.9 Å². The summed E-state index contributed by atoms with van der Waals surface area (Å²) in [5, 5.41) is 1.87. The molecule has 0 saturated heterocycles. The van der Waals surface area contributed by atoms with Gasteiger partial charge >= 0.3 is 0 Å². The Bertz CT molecular complexity index is 3290. The van der Waals surface area contributed by atoms with Crippen molar-refractivity contribution in [1.29, 1.82) is 0 Å². The molecule has 45 heavy (non-hydrogen) atoms. The van der Waals surface area contributed by atoms with Crippen molar-refractivity contribution < 1.29 is 25.0 Å². The van der Waals surface area contributed by atoms with Gasteiger partial charge in [0.2, 0.25) is 0 Å². The van der Waals surface area contributed by atoms with E-state index in [1.807, 2.05) is 0 Å². The van der Waals surface area contributed by atoms with Crippen LogP contribution in [0.5, 0.6) is 0 Å². The maximum Gasteiger partial charge on any atom is 0.136 e. The van der Waals surface area contributed by atoms with E-state index >= 15 is 0 Å². The molecule has 210 valence electrons. The number of benzene rings is 8. The molecule has 0 radical (unpaired) electrons. The molecule has 0 saturated carbocycles. The zero-order valence-corrected chi connectivity index (χ0v) is 23.4. The SMILES string of the molecule is [2H]c1c([2H])c([2H])c(-c2c([2H])c([2H])c([2H])c(-c3c4ccccc4c(-c4c(-c5ccccc5)c([2H])c5c(oc6c([2H])c([2H])c([2H])c([2H])c65)c4[2H])c4ccccc34)c2[2H])c([2H])c1[2H]. The maximum absolute atomic E-state index is 9.87. The summed E-state index contributed by atoms with van der Waals surface area (Å²) in [4.78, 5) is 0. The Hall–Kier alpha value is -5.92. The van der Waals surface area contributed by atoms with Crippen molar-refractivity contribution in [3.05, 3.63) is 169 Å². The van der Waals surface area contributed by atoms with Gasteiger partial charge in [-0.3, -0.25) is 0 Å². The summed E-state index contributed by atoms with van der Waals surface area (Å²) in [7, 11) is 0. The van der Waals surface area contributed by atoms with E-state index in [2.05, 4.69) is 0 Å². The van der Waals surface area contributed by atoms with Crippen molar-refractivity contribution in [2.45, 2.75) is 0 Å². The Labute approximate surface area is 282 Å². The molecular weight excluding hydrogens is 544 g/mol. The van der Waals surface area contributed by atoms with Crippen molar-refractivity contribution in [2.75, 3.05) is 0 Å². The molecule has 0 N–H and O–H groups in total. The van der Waals surface area contributed by atoms with Gasteiger partial charge in [-0.2, -0.15) is 0 Å². The number of hydrogen-bond acceptors (Lipinski definition) is 1. The molecule has 0 aliphatic rings. The Morgan fingerprint density at radius 2 is 0.956 bits per heavy atom. The molecule has 0 unspecified atom stereocenters. The van der Waals surface area contributed by atoms with E-state index in [-0.39, 0.29) is 56.3 Å². The lowest BCUT2D eigenvalue weighted by atomic mass is 9.83. The van der Waals surface area contributed by atoms with E-state index in [9.17, 15) is 5.48 Å². The second kappa shape index (κ2) is 10.4. The van der Waals surface area contributed by atoms with Gasteiger partial charge in [-0.15, -0.1) is 0 Å². The molecule has 0 bridgehead atoms. The highest BCUT2D eigenvalue weighted by molar-refractivity contribution is 6.23. The number of furan rings is 1. The van der Waals surface area contributed by atoms with Crippen LogP contribution < -0.4 is 0 Å². The van der Waals surface area contributed by atoms with Crippen LogP contribution in [-0.2, 0) is 0 Å². The minimum atomic E-state index is -0.679. The van der Waals surface area contributed by atoms with Crippen LogP contribution in [0.4, 0.5) is 0 Å². The highest BCUT2D eigenvalue weighted by Gasteiger charge is 2.21. The summed E-state index contributed by atoms with van der Waals surface area (Å²) in [5.74, 6) is 0. The third-order valence-electron chi connectivity index (χ3n) is 7.94. The Morgan fingerprint density at radius 3 is 1.69 bits per heavy atom. The fraction of sp³-hybridized carbons (Fsp3) is 0. The van der Waals surface area contributed by atoms with Crippen LogP contribution in [0.3, 0.4) is 0 Å². The molecule has 9 aromatic rings. The van der Waals surface area contributed by atoms with E-state index in [0.29, 0.717) is 32.7 Å². The van der Waals surface area contributed by atoms with Gasteiger partial charge < -0.3 is 4.42 Å². The summed E-state index contributed by atoms with van der Waals surface area (Å²) in [5.41, 5.74) is 0.531. The monoisotopic (exact) mass is 587 g/mol. The van der Waals surface area contributed by atoms with E-state index in [4.69, 9.17) is 19.5 Å². The molecule has 9 rings (SSSR count). The Kier molecular flexibility index (Phi) is 3.39. The highest BCUT2D eigenvalue weighted by Crippen LogP contribution is 2.48. The predicted octanol–water partition coefficient (Wildman–Crippen LogP) is 12.6. The smallest absolute Gasteiger partial charge is 0.136 e. The van der Waals surface area contributed by atoms with Crippen molar-refractivity contribution in [2.24, 2.45) is 0 Å². The third kappa shape index (κ3) is 4.17. The van der Waals surface area contributed by atoms with Crippen LogP contribution in [0, 0.1) is 0 Å². The third-order valence-corrected chi connectivity index (χ3v) is 7.94. The number of rotatable bonds is 4. The van der Waals surface area contributed by atoms with Crippen molar-refractivity contribution in [3.8, 4) is 44.5 Å². The molecule has 0 spiro atoms. The normalized spacial score (nSPS) is 16.2. The first-order chi connectivity index (χ1) is 28.6. The lowest BCUT2D eigenvalue weighted by Crippen LogP contribution is -1.93. The molecule has 1 heteroatoms. The van der Waals surface area contributed by atoms with Crippen LogP contribution in [-0.4, -0.2) is 0 Å². The van der Waals surface area contributed by atoms with Gasteiger partial charge in [-0.1, -0.05) is 145 Å². The number of fused-ring (bicyclic) bond motifs is 5. The average molecular weight is 588 g/mol. The molecule has 0 amide bonds. The minimum Gasteiger partial charge on any atom is -0.456 e. The first-order valence-electron chi connectivity index (χ1n) is 21.7. The molecule has 0 aliphatic carbocycles. The minimum absolute atomic E-state index is 0.0202. The lowest BCUT2D eigenvalue weighted by molar-refractivity contribution is 0.669. The van der Waals surface area contributed by atoms with Crippen LogP contribution in [0.2, 0.25) is 0 Å². The fourth-order valence-corrected chi connectivity index (χ4v) is 6.04. The Morgan fingerprint density at radius 1 is 0.356 bits per heavy atom. The first kappa shape index (κ1) is 14.7. The van der Waals surface area contributed by atoms with E-state index < -0.39 is 89.7 Å². The first-order valence-corrected chi connectivity index (χ1v) is 14.2. The Balaban J connectivity index is 1.48. The molecule has 1 aromatic heterocycles. The van der Waals surface area contributed by atoms with Gasteiger partial charge in [0.15, 0.2) is 0 Å². The summed E-state index contributed by atoms with van der Waals surface area (Å²) in [6.45, 7) is 0. The van der Waals surface area contributed by atoms with Gasteiger partial charge in [0.1, 0.15) is 11.2 Å². The van der Waals surface area contributed by atoms with Gasteiger partial charge in [0, 0.05) is 10.8 Å². The quantitative estimate of drug-likeness (QED) is 0.187. The van der Waals surface area contributed by atoms with Crippen molar-refractivity contribution in [3.63, 3.8) is 0 Å². The summed E-state index contributed by atoms with van der Waals surface area (Å²) in [6.07, 6.45) is 0. The molecule has 1 heterocycles. The average Bonchev–Trinajstić information content (AvgIpc) is 3.67. The number of hydrogen-bond donors (Lipinski definition) is 0. The van der Waals surface area contributed by atoms with Crippen molar-refractivity contribution >= 4 is 43.5 Å². The molecule has 0 aliphatic heterocycles. The lowest BCUT2D eigenvalue weighted by Gasteiger charge is -2.20. The second-order valence-corrected chi connectivity index (χ2v) is 10.5. The van der Waals surface area contributed by atoms with Crippen LogP contribution >= 0.6 is 0 Å². The zero-order valence-electron chi connectivity index (χ0n) is 38.4. The summed E-state index contributed by atoms with van der Waals surface area (Å²) in [6, 6.07) is 15.1. The second-order valence-electron chi connectivity index (χ2n) is 10.5. The molecule has 1 nitrogen and oxygen atoms in total. The largest absolute Gasteiger partial charge is 0.456 e. The van der Waals surface area contributed by atoms with E-state index in [0.717, 1.165) is 0 Å². The fourth-order valence-electron chi connectivity index (χ4n) is 6.04. The van der Waals surface area contributed by atoms with E-state index in [1.165, 1.54) is 0 Å². The summed E-state index contributed by atoms with van der Waals surface area (Å²) >= 11 is 0. The van der Waals surface area contributed by atoms with Crippen molar-refractivity contribution in [1.82, 2.24) is 0 Å². The van der Waals surface area contributed by atoms with Gasteiger partial charge in [-0.25, -0.2) is 0 Å². The number of para-hydroxylation sites is 1. The molecule has 0 fully saturated rings. The zero-order chi connectivity index (χ0) is 42.8. The predicted molar refractivity (Wildman–Crippen MR) is 190 cm³/mol. The molecular formula is C44H28O. The van der Waals surface area contributed by atoms with Crippen LogP contribution in [0.25, 0.3) is 88.0 Å². The highest BCUT2D eigenvalue weighted by atomic mass is 16.3. The topological polar surface area (TPSA) is 13.1 Å². The standard InChI is InChI=1S/C44H28O/c1-3-14-29(15-4-1)31-18-13-19-32(26-31)43-34-21-7-9-23-36(34)44(37-24-10-8-22-35(37)43)40-28-42-39(33-20-11-12-25-41(33)45-42)27-38(40)30-16-5-2-6-17-30/h1-28H/i1D,3D,4D,11D,12D,13D,14D,15D,18D,19D,20D,25D,26D,27D,28D. The maximum atomic E-state index is 9.87. The van der Waals surface area contributed by atoms with Gasteiger partial charge in [-0.05, 0) is 90.2 Å².